The second kappa shape index (κ2) is 16.3. The summed E-state index contributed by atoms with van der Waals surface area (Å²) in [6, 6.07) is 49.6. The van der Waals surface area contributed by atoms with Crippen molar-refractivity contribution in [3.63, 3.8) is 0 Å². The molecule has 0 fully saturated rings. The molecule has 0 aliphatic carbocycles. The Bertz CT molecular complexity index is 2820. The molecule has 0 bridgehead atoms. The zero-order valence-corrected chi connectivity index (χ0v) is 33.7. The van der Waals surface area contributed by atoms with Crippen LogP contribution in [-0.2, 0) is 20.1 Å². The van der Waals surface area contributed by atoms with Gasteiger partial charge in [-0.3, -0.25) is 9.37 Å². The number of hydrogen-bond acceptors (Lipinski definition) is 3. The fourth-order valence-corrected chi connectivity index (χ4v) is 7.12. The van der Waals surface area contributed by atoms with Crippen LogP contribution in [0.25, 0.3) is 77.3 Å². The largest absolute Gasteiger partial charge is 0.502 e. The van der Waals surface area contributed by atoms with Gasteiger partial charge in [0.25, 0.3) is 0 Å². The Hall–Kier alpha value is -6.19. The first-order valence-corrected chi connectivity index (χ1v) is 18.4. The smallest absolute Gasteiger partial charge is 0.190 e. The minimum Gasteiger partial charge on any atom is -0.502 e. The Balaban J connectivity index is 0.000000291. The van der Waals surface area contributed by atoms with Crippen LogP contribution in [0.1, 0.15) is 50.7 Å². The second-order valence-electron chi connectivity index (χ2n) is 14.0. The Morgan fingerprint density at radius 2 is 1.43 bits per heavy atom. The van der Waals surface area contributed by atoms with Gasteiger partial charge in [0.2, 0.25) is 0 Å². The molecular formula is C49H37FIrN4O-2. The minimum atomic E-state index is -0.291. The molecule has 1 radical (unpaired) electrons. The SMILES string of the molecule is Fc1ccc[c-]c1-c1ccccn1.[C-]#[N+]c1ccc2c(c1)oc1c(-c3nc4ccccc4n3-c3c(C(C)C)cc(-c4ccccc4)cc3C(C)C)[c-]ccc12.[Ir]. The van der Waals surface area contributed by atoms with Crippen LogP contribution < -0.4 is 0 Å². The third-order valence-corrected chi connectivity index (χ3v) is 9.80. The molecule has 7 heteroatoms. The third kappa shape index (κ3) is 7.18. The van der Waals surface area contributed by atoms with Crippen molar-refractivity contribution >= 4 is 38.7 Å². The van der Waals surface area contributed by atoms with E-state index in [1.54, 1.807) is 30.5 Å². The minimum absolute atomic E-state index is 0. The average Bonchev–Trinajstić information content (AvgIpc) is 3.79. The number of pyridine rings is 1. The molecule has 0 unspecified atom stereocenters. The van der Waals surface area contributed by atoms with Gasteiger partial charge in [-0.1, -0.05) is 111 Å². The van der Waals surface area contributed by atoms with Crippen molar-refractivity contribution in [2.24, 2.45) is 0 Å². The van der Waals surface area contributed by atoms with Crippen molar-refractivity contribution in [3.8, 4) is 39.5 Å². The number of imidazole rings is 1. The third-order valence-electron chi connectivity index (χ3n) is 9.80. The summed E-state index contributed by atoms with van der Waals surface area (Å²) >= 11 is 0. The van der Waals surface area contributed by atoms with E-state index in [0.29, 0.717) is 22.5 Å². The van der Waals surface area contributed by atoms with Gasteiger partial charge in [-0.15, -0.1) is 42.5 Å². The van der Waals surface area contributed by atoms with E-state index in [1.165, 1.54) is 34.0 Å². The molecule has 277 valence electrons. The van der Waals surface area contributed by atoms with Gasteiger partial charge in [0.1, 0.15) is 5.58 Å². The van der Waals surface area contributed by atoms with Gasteiger partial charge in [-0.05, 0) is 76.2 Å². The second-order valence-corrected chi connectivity index (χ2v) is 14.0. The Kier molecular flexibility index (Phi) is 11.1. The van der Waals surface area contributed by atoms with Gasteiger partial charge in [0, 0.05) is 43.2 Å². The van der Waals surface area contributed by atoms with E-state index in [9.17, 15) is 4.39 Å². The van der Waals surface area contributed by atoms with Crippen LogP contribution in [0.5, 0.6) is 0 Å². The number of aromatic nitrogens is 3. The molecule has 56 heavy (non-hydrogen) atoms. The van der Waals surface area contributed by atoms with Crippen LogP contribution in [0.2, 0.25) is 0 Å². The molecule has 0 aliphatic rings. The molecule has 0 spiro atoms. The molecule has 9 aromatic rings. The number of para-hydroxylation sites is 2. The van der Waals surface area contributed by atoms with Gasteiger partial charge in [0.15, 0.2) is 5.69 Å². The van der Waals surface area contributed by atoms with Crippen molar-refractivity contribution in [1.82, 2.24) is 14.5 Å². The normalized spacial score (nSPS) is 11.1. The maximum Gasteiger partial charge on any atom is 0.190 e. The van der Waals surface area contributed by atoms with E-state index in [4.69, 9.17) is 16.0 Å². The van der Waals surface area contributed by atoms with Crippen LogP contribution in [0.3, 0.4) is 0 Å². The summed E-state index contributed by atoms with van der Waals surface area (Å²) in [6.45, 7) is 16.5. The predicted molar refractivity (Wildman–Crippen MR) is 221 cm³/mol. The van der Waals surface area contributed by atoms with Crippen LogP contribution in [0.15, 0.2) is 144 Å². The summed E-state index contributed by atoms with van der Waals surface area (Å²) < 4.78 is 22.0. The maximum absolute atomic E-state index is 13.2. The molecule has 0 amide bonds. The first-order chi connectivity index (χ1) is 26.8. The number of benzene rings is 6. The summed E-state index contributed by atoms with van der Waals surface area (Å²) in [7, 11) is 0. The summed E-state index contributed by atoms with van der Waals surface area (Å²) in [5.74, 6) is 1.05. The number of halogens is 1. The fraction of sp³-hybridized carbons (Fsp3) is 0.122. The quantitative estimate of drug-likeness (QED) is 0.156. The van der Waals surface area contributed by atoms with Gasteiger partial charge >= 0.3 is 0 Å². The fourth-order valence-electron chi connectivity index (χ4n) is 7.12. The monoisotopic (exact) mass is 909 g/mol. The molecular weight excluding hydrogens is 872 g/mol. The Labute approximate surface area is 339 Å². The molecule has 9 rings (SSSR count). The van der Waals surface area contributed by atoms with Crippen molar-refractivity contribution < 1.29 is 28.9 Å². The molecule has 3 heterocycles. The van der Waals surface area contributed by atoms with E-state index in [2.05, 4.69) is 115 Å². The van der Waals surface area contributed by atoms with Gasteiger partial charge in [-0.25, -0.2) is 4.85 Å². The van der Waals surface area contributed by atoms with E-state index < -0.39 is 0 Å². The van der Waals surface area contributed by atoms with E-state index in [-0.39, 0.29) is 37.8 Å². The van der Waals surface area contributed by atoms with E-state index >= 15 is 0 Å². The van der Waals surface area contributed by atoms with Crippen molar-refractivity contribution in [2.45, 2.75) is 39.5 Å². The van der Waals surface area contributed by atoms with Crippen molar-refractivity contribution in [1.29, 1.82) is 0 Å². The van der Waals surface area contributed by atoms with Gasteiger partial charge < -0.3 is 14.0 Å². The van der Waals surface area contributed by atoms with Gasteiger partial charge in [-0.2, -0.15) is 0 Å². The number of furan rings is 1. The van der Waals surface area contributed by atoms with E-state index in [0.717, 1.165) is 38.8 Å². The van der Waals surface area contributed by atoms with Crippen LogP contribution >= 0.6 is 0 Å². The summed E-state index contributed by atoms with van der Waals surface area (Å²) in [6.07, 6.45) is 1.63. The zero-order valence-electron chi connectivity index (χ0n) is 31.3. The van der Waals surface area contributed by atoms with Crippen LogP contribution in [0, 0.1) is 24.5 Å². The Morgan fingerprint density at radius 3 is 2.12 bits per heavy atom. The maximum atomic E-state index is 13.2. The Morgan fingerprint density at radius 1 is 0.714 bits per heavy atom. The number of hydrogen-bond donors (Lipinski definition) is 0. The summed E-state index contributed by atoms with van der Waals surface area (Å²) in [5.41, 5.74) is 11.9. The zero-order chi connectivity index (χ0) is 38.1. The first-order valence-electron chi connectivity index (χ1n) is 18.4. The molecule has 0 atom stereocenters. The molecule has 0 saturated heterocycles. The van der Waals surface area contributed by atoms with Crippen LogP contribution in [0.4, 0.5) is 10.1 Å². The predicted octanol–water partition coefficient (Wildman–Crippen LogP) is 13.5. The van der Waals surface area contributed by atoms with E-state index in [1.807, 2.05) is 42.5 Å². The molecule has 3 aromatic heterocycles. The molecule has 6 aromatic carbocycles. The number of rotatable bonds is 6. The molecule has 0 saturated carbocycles. The molecule has 5 nitrogen and oxygen atoms in total. The molecule has 0 N–H and O–H groups in total. The summed E-state index contributed by atoms with van der Waals surface area (Å²) in [5, 5.41) is 1.97. The topological polar surface area (TPSA) is 48.2 Å². The number of fused-ring (bicyclic) bond motifs is 4. The first kappa shape index (κ1) is 38.1. The van der Waals surface area contributed by atoms with Crippen LogP contribution in [-0.4, -0.2) is 14.5 Å². The van der Waals surface area contributed by atoms with Crippen molar-refractivity contribution in [3.05, 3.63) is 180 Å². The summed E-state index contributed by atoms with van der Waals surface area (Å²) in [4.78, 5) is 12.9. The number of nitrogens with zero attached hydrogens (tertiary/aromatic N) is 4. The molecule has 0 aliphatic heterocycles. The average molecular weight is 909 g/mol. The standard InChI is InChI=1S/C38H30N3O.C11H7FN.Ir/c1-23(2)31-20-26(25-12-7-6-8-13-25)21-32(24(3)4)36(31)41-34-17-10-9-16-33(34)40-38(41)30-15-11-14-29-28-19-18-27(39-5)22-35(28)42-37(29)30;12-10-6-2-1-5-9(10)11-7-3-4-8-13-11;/h6-14,16-24H,1-4H3;1-4,6-8H;/q2*-1;. The van der Waals surface area contributed by atoms with Crippen molar-refractivity contribution in [2.75, 3.05) is 0 Å². The van der Waals surface area contributed by atoms with Gasteiger partial charge in [0.05, 0.1) is 29.0 Å².